The Kier molecular flexibility index (Phi) is 3.77. The first-order chi connectivity index (χ1) is 8.07. The fraction of sp³-hybridized carbons (Fsp3) is 0.714. The minimum absolute atomic E-state index is 0.520. The molecule has 1 aliphatic carbocycles. The van der Waals surface area contributed by atoms with E-state index in [-0.39, 0.29) is 0 Å². The van der Waals surface area contributed by atoms with E-state index in [4.69, 9.17) is 0 Å². The van der Waals surface area contributed by atoms with Crippen molar-refractivity contribution in [1.29, 1.82) is 0 Å². The van der Waals surface area contributed by atoms with Crippen LogP contribution in [0.1, 0.15) is 45.7 Å². The van der Waals surface area contributed by atoms with Crippen molar-refractivity contribution in [2.45, 2.75) is 52.6 Å². The van der Waals surface area contributed by atoms with Crippen molar-refractivity contribution >= 4 is 0 Å². The Hall–Kier alpha value is -0.960. The highest BCUT2D eigenvalue weighted by Crippen LogP contribution is 2.38. The summed E-state index contributed by atoms with van der Waals surface area (Å²) in [7, 11) is 0. The molecule has 1 aromatic heterocycles. The Morgan fingerprint density at radius 2 is 2.29 bits per heavy atom. The lowest BCUT2D eigenvalue weighted by Crippen LogP contribution is -2.41. The van der Waals surface area contributed by atoms with Gasteiger partial charge in [-0.1, -0.05) is 20.8 Å². The first kappa shape index (κ1) is 12.5. The molecule has 0 aromatic carbocycles. The molecule has 1 N–H and O–H groups in total. The van der Waals surface area contributed by atoms with Crippen LogP contribution in [0, 0.1) is 11.3 Å². The maximum absolute atomic E-state index is 4.24. The van der Waals surface area contributed by atoms with Crippen LogP contribution in [0.5, 0.6) is 0 Å². The monoisotopic (exact) mass is 233 g/mol. The van der Waals surface area contributed by atoms with Gasteiger partial charge in [-0.3, -0.25) is 0 Å². The molecule has 0 saturated heterocycles. The van der Waals surface area contributed by atoms with Crippen molar-refractivity contribution in [2.24, 2.45) is 11.3 Å². The molecule has 2 rings (SSSR count). The Morgan fingerprint density at radius 3 is 2.94 bits per heavy atom. The number of nitrogens with one attached hydrogen (secondary N) is 1. The van der Waals surface area contributed by atoms with Gasteiger partial charge in [-0.15, -0.1) is 0 Å². The average Bonchev–Trinajstić information content (AvgIpc) is 2.28. The molecule has 0 amide bonds. The molecule has 17 heavy (non-hydrogen) atoms. The summed E-state index contributed by atoms with van der Waals surface area (Å²) in [5.74, 6) is 0.751. The molecule has 3 heteroatoms. The van der Waals surface area contributed by atoms with Gasteiger partial charge in [0.25, 0.3) is 0 Å². The number of nitrogens with zero attached hydrogens (tertiary/aromatic N) is 2. The van der Waals surface area contributed by atoms with E-state index in [9.17, 15) is 0 Å². The van der Waals surface area contributed by atoms with Gasteiger partial charge in [0.1, 0.15) is 6.33 Å². The van der Waals surface area contributed by atoms with Crippen LogP contribution in [0.4, 0.5) is 0 Å². The molecule has 0 spiro atoms. The highest BCUT2D eigenvalue weighted by Gasteiger charge is 2.31. The predicted molar refractivity (Wildman–Crippen MR) is 69.5 cm³/mol. The van der Waals surface area contributed by atoms with Gasteiger partial charge in [-0.05, 0) is 36.7 Å². The van der Waals surface area contributed by atoms with Crippen LogP contribution in [0.2, 0.25) is 0 Å². The largest absolute Gasteiger partial charge is 0.308 e. The summed E-state index contributed by atoms with van der Waals surface area (Å²) >= 11 is 0. The molecule has 1 heterocycles. The molecule has 1 aliphatic rings. The van der Waals surface area contributed by atoms with E-state index < -0.39 is 0 Å². The topological polar surface area (TPSA) is 37.8 Å². The lowest BCUT2D eigenvalue weighted by atomic mass is 9.70. The van der Waals surface area contributed by atoms with Gasteiger partial charge < -0.3 is 5.32 Å². The maximum atomic E-state index is 4.24. The number of hydrogen-bond acceptors (Lipinski definition) is 3. The summed E-state index contributed by atoms with van der Waals surface area (Å²) < 4.78 is 0. The normalized spacial score (nSPS) is 27.9. The van der Waals surface area contributed by atoms with Crippen LogP contribution in [-0.4, -0.2) is 16.0 Å². The predicted octanol–water partition coefficient (Wildman–Crippen LogP) is 2.78. The lowest BCUT2D eigenvalue weighted by Gasteiger charge is -2.39. The third-order valence-corrected chi connectivity index (χ3v) is 3.88. The minimum atomic E-state index is 0.520. The van der Waals surface area contributed by atoms with Crippen molar-refractivity contribution in [3.05, 3.63) is 24.3 Å². The summed E-state index contributed by atoms with van der Waals surface area (Å²) in [5.41, 5.74) is 1.60. The molecule has 94 valence electrons. The molecule has 1 aromatic rings. The zero-order valence-corrected chi connectivity index (χ0v) is 11.1. The van der Waals surface area contributed by atoms with Crippen molar-refractivity contribution in [2.75, 3.05) is 0 Å². The van der Waals surface area contributed by atoms with Gasteiger partial charge in [-0.25, -0.2) is 9.97 Å². The summed E-state index contributed by atoms with van der Waals surface area (Å²) in [6.45, 7) is 7.98. The summed E-state index contributed by atoms with van der Waals surface area (Å²) in [4.78, 5) is 8.18. The SMILES string of the molecule is CC1CC(C)(C)CCC1NCc1ccncn1. The number of hydrogen-bond donors (Lipinski definition) is 1. The highest BCUT2D eigenvalue weighted by molar-refractivity contribution is 4.98. The Balaban J connectivity index is 1.84. The molecule has 0 aliphatic heterocycles. The van der Waals surface area contributed by atoms with Gasteiger partial charge in [0, 0.05) is 18.8 Å². The Labute approximate surface area is 104 Å². The molecular weight excluding hydrogens is 210 g/mol. The summed E-state index contributed by atoms with van der Waals surface area (Å²) in [6.07, 6.45) is 7.33. The molecule has 1 saturated carbocycles. The minimum Gasteiger partial charge on any atom is -0.308 e. The molecule has 3 nitrogen and oxygen atoms in total. The second-order valence-electron chi connectivity index (χ2n) is 6.07. The number of aromatic nitrogens is 2. The van der Waals surface area contributed by atoms with Crippen LogP contribution in [0.3, 0.4) is 0 Å². The average molecular weight is 233 g/mol. The van der Waals surface area contributed by atoms with E-state index in [1.54, 1.807) is 12.5 Å². The summed E-state index contributed by atoms with van der Waals surface area (Å²) in [5, 5.41) is 3.64. The van der Waals surface area contributed by atoms with Crippen molar-refractivity contribution < 1.29 is 0 Å². The van der Waals surface area contributed by atoms with Crippen LogP contribution in [0.25, 0.3) is 0 Å². The molecule has 2 atom stereocenters. The highest BCUT2D eigenvalue weighted by atomic mass is 14.9. The van der Waals surface area contributed by atoms with Gasteiger partial charge in [0.2, 0.25) is 0 Å². The van der Waals surface area contributed by atoms with Gasteiger partial charge in [0.05, 0.1) is 5.69 Å². The van der Waals surface area contributed by atoms with Crippen molar-refractivity contribution in [3.8, 4) is 0 Å². The van der Waals surface area contributed by atoms with Gasteiger partial charge >= 0.3 is 0 Å². The number of rotatable bonds is 3. The van der Waals surface area contributed by atoms with E-state index in [0.29, 0.717) is 11.5 Å². The maximum Gasteiger partial charge on any atom is 0.115 e. The molecule has 2 unspecified atom stereocenters. The fourth-order valence-corrected chi connectivity index (χ4v) is 2.91. The van der Waals surface area contributed by atoms with Crippen LogP contribution >= 0.6 is 0 Å². The second-order valence-corrected chi connectivity index (χ2v) is 6.07. The van der Waals surface area contributed by atoms with Crippen LogP contribution in [0.15, 0.2) is 18.6 Å². The molecule has 0 bridgehead atoms. The summed E-state index contributed by atoms with van der Waals surface area (Å²) in [6, 6.07) is 2.61. The lowest BCUT2D eigenvalue weighted by molar-refractivity contribution is 0.148. The second kappa shape index (κ2) is 5.13. The van der Waals surface area contributed by atoms with Crippen molar-refractivity contribution in [1.82, 2.24) is 15.3 Å². The molecule has 1 fully saturated rings. The van der Waals surface area contributed by atoms with E-state index in [2.05, 4.69) is 36.1 Å². The smallest absolute Gasteiger partial charge is 0.115 e. The van der Waals surface area contributed by atoms with E-state index in [1.165, 1.54) is 19.3 Å². The first-order valence-corrected chi connectivity index (χ1v) is 6.55. The van der Waals surface area contributed by atoms with E-state index in [1.807, 2.05) is 6.07 Å². The van der Waals surface area contributed by atoms with Crippen LogP contribution in [-0.2, 0) is 6.54 Å². The van der Waals surface area contributed by atoms with Crippen LogP contribution < -0.4 is 5.32 Å². The zero-order chi connectivity index (χ0) is 12.3. The van der Waals surface area contributed by atoms with Gasteiger partial charge in [0.15, 0.2) is 0 Å². The first-order valence-electron chi connectivity index (χ1n) is 6.55. The fourth-order valence-electron chi connectivity index (χ4n) is 2.91. The Morgan fingerprint density at radius 1 is 1.47 bits per heavy atom. The molecular formula is C14H23N3. The molecule has 0 radical (unpaired) electrons. The quantitative estimate of drug-likeness (QED) is 0.872. The third-order valence-electron chi connectivity index (χ3n) is 3.88. The van der Waals surface area contributed by atoms with Gasteiger partial charge in [-0.2, -0.15) is 0 Å². The third kappa shape index (κ3) is 3.50. The van der Waals surface area contributed by atoms with E-state index in [0.717, 1.165) is 18.2 Å². The standard InChI is InChI=1S/C14H23N3/c1-11-8-14(2,3)6-4-13(11)16-9-12-5-7-15-10-17-12/h5,7,10-11,13,16H,4,6,8-9H2,1-3H3. The van der Waals surface area contributed by atoms with Crippen molar-refractivity contribution in [3.63, 3.8) is 0 Å². The van der Waals surface area contributed by atoms with E-state index >= 15 is 0 Å². The Bertz CT molecular complexity index is 348. The zero-order valence-electron chi connectivity index (χ0n) is 11.1.